The van der Waals surface area contributed by atoms with Gasteiger partial charge in [0.25, 0.3) is 32.1 Å². The Morgan fingerprint density at radius 2 is 0.970 bits per heavy atom. The van der Waals surface area contributed by atoms with E-state index in [4.69, 9.17) is 44.6 Å². The van der Waals surface area contributed by atoms with Gasteiger partial charge >= 0.3 is 0 Å². The monoisotopic (exact) mass is 1450 g/mol. The number of azo groups is 2. The summed E-state index contributed by atoms with van der Waals surface area (Å²) in [7, 11) is -9.20. The van der Waals surface area contributed by atoms with Crippen LogP contribution >= 0.6 is 34.4 Å². The van der Waals surface area contributed by atoms with Crippen LogP contribution in [0.15, 0.2) is 162 Å². The first kappa shape index (κ1) is 73.0. The van der Waals surface area contributed by atoms with Gasteiger partial charge in [-0.1, -0.05) is 76.9 Å². The van der Waals surface area contributed by atoms with E-state index in [1.807, 2.05) is 92.1 Å². The Kier molecular flexibility index (Phi) is 24.4. The number of hydrogen-bond acceptors (Lipinski definition) is 28. The van der Waals surface area contributed by atoms with E-state index < -0.39 is 53.4 Å². The Morgan fingerprint density at radius 1 is 0.550 bits per heavy atom. The summed E-state index contributed by atoms with van der Waals surface area (Å²) in [6.45, 7) is 16.7. The van der Waals surface area contributed by atoms with Crippen LogP contribution in [0, 0.1) is 0 Å². The molecule has 2 aliphatic rings. The van der Waals surface area contributed by atoms with Crippen molar-refractivity contribution in [3.8, 4) is 0 Å². The van der Waals surface area contributed by atoms with Gasteiger partial charge in [-0.15, -0.1) is 20.5 Å². The largest absolute Gasteiger partial charge is 0.378 e. The molecule has 3 aromatic heterocycles. The highest BCUT2D eigenvalue weighted by Crippen LogP contribution is 2.41. The van der Waals surface area contributed by atoms with Crippen LogP contribution in [0.3, 0.4) is 0 Å². The van der Waals surface area contributed by atoms with E-state index in [1.54, 1.807) is 12.1 Å². The van der Waals surface area contributed by atoms with Crippen LogP contribution in [0.4, 0.5) is 79.3 Å². The summed E-state index contributed by atoms with van der Waals surface area (Å²) in [5.74, 6) is -1.23. The van der Waals surface area contributed by atoms with E-state index in [-0.39, 0.29) is 44.7 Å². The molecule has 6 N–H and O–H groups in total. The Bertz CT molecular complexity index is 4420. The lowest BCUT2D eigenvalue weighted by Crippen LogP contribution is -2.36. The third-order valence-electron chi connectivity index (χ3n) is 15.5. The number of thioether (sulfide) groups is 1. The molecule has 5 heterocycles. The van der Waals surface area contributed by atoms with E-state index in [2.05, 4.69) is 41.3 Å². The molecular formula is C66H71N17O12S5. The minimum atomic E-state index is -4.60. The quantitative estimate of drug-likeness (QED) is 0.00633. The fourth-order valence-electron chi connectivity index (χ4n) is 10.4. The zero-order chi connectivity index (χ0) is 71.1. The van der Waals surface area contributed by atoms with Crippen LogP contribution in [0.5, 0.6) is 0 Å². The Labute approximate surface area is 589 Å². The molecule has 2 aliphatic heterocycles. The molecule has 2 fully saturated rings. The third kappa shape index (κ3) is 19.1. The third-order valence-corrected chi connectivity index (χ3v) is 19.8. The SMILES string of the molecule is CCN(CC)c1ccc(N=Nc2nc(N3CCOCC3)c(/C=C(/C(C)=O)C(=O)Nc3cccc(S(=O)(=O)O)c3)s2)c(Nc2nc(Nc3cc(N(CC)CC)ccc3N=Nc3nc(N4CCOCC4)c(/C=C(\C(C)=O)C(=O)Nc4cccc(S(=O)(=O)O)c4)s3)nc(SCc3ccccc3)n2)c1. The molecule has 0 spiro atoms. The van der Waals surface area contributed by atoms with Crippen molar-refractivity contribution in [3.05, 3.63) is 142 Å². The van der Waals surface area contributed by atoms with Crippen molar-refractivity contribution in [3.63, 3.8) is 0 Å². The van der Waals surface area contributed by atoms with Crippen LogP contribution in [-0.4, -0.2) is 153 Å². The lowest BCUT2D eigenvalue weighted by atomic mass is 10.1. The van der Waals surface area contributed by atoms with Crippen molar-refractivity contribution < 1.29 is 54.6 Å². The van der Waals surface area contributed by atoms with Crippen LogP contribution in [-0.2, 0) is 54.6 Å². The first-order valence-corrected chi connectivity index (χ1v) is 37.0. The second-order valence-electron chi connectivity index (χ2n) is 22.1. The van der Waals surface area contributed by atoms with Crippen molar-refractivity contribution in [1.82, 2.24) is 24.9 Å². The Balaban J connectivity index is 1.01. The molecule has 2 amide bonds. The molecule has 0 unspecified atom stereocenters. The summed E-state index contributed by atoms with van der Waals surface area (Å²) in [5.41, 5.74) is 3.88. The van der Waals surface area contributed by atoms with Gasteiger partial charge in [0.2, 0.25) is 22.2 Å². The standard InChI is InChI=1S/C66H71N17O12S5/c1-7-80(8-2)46-22-24-52(76-78-65-71-58(82-26-30-94-31-27-82)56(97-65)38-50(41(5)84)60(86)67-44-18-14-20-48(34-44)99(88,89)90)54(36-46)69-62-73-63(75-64(74-62)96-40-43-16-12-11-13-17-43)70-55-37-47(81(9-3)10-4)23-25-53(55)77-79-66-72-59(83-28-32-95-33-29-83)57(98-66)39-51(42(6)85)61(87)68-45-19-15-21-49(35-45)100(91,92)93/h11-25,34-39H,7-10,26-33,40H2,1-6H3,(H,67,86)(H,68,87)(H,88,89,90)(H,91,92,93)(H2,69,70,73,74,75)/b50-38-,51-39+,78-76?,79-77?. The maximum absolute atomic E-state index is 13.8. The van der Waals surface area contributed by atoms with Crippen LogP contribution < -0.4 is 40.9 Å². The molecule has 0 saturated carbocycles. The number of carbonyl (C=O) groups excluding carboxylic acids is 4. The number of rotatable bonds is 29. The molecule has 8 aromatic rings. The second kappa shape index (κ2) is 33.4. The van der Waals surface area contributed by atoms with Gasteiger partial charge in [-0.3, -0.25) is 28.3 Å². The van der Waals surface area contributed by atoms with E-state index in [0.29, 0.717) is 134 Å². The molecule has 0 aliphatic carbocycles. The summed E-state index contributed by atoms with van der Waals surface area (Å²) < 4.78 is 78.2. The number of aromatic nitrogens is 5. The van der Waals surface area contributed by atoms with Crippen LogP contribution in [0.1, 0.15) is 56.9 Å². The van der Waals surface area contributed by atoms with Gasteiger partial charge in [0.05, 0.1) is 68.5 Å². The summed E-state index contributed by atoms with van der Waals surface area (Å²) >= 11 is 3.55. The zero-order valence-corrected chi connectivity index (χ0v) is 59.2. The number of hydrogen-bond donors (Lipinski definition) is 6. The minimum Gasteiger partial charge on any atom is -0.378 e. The molecule has 10 rings (SSSR count). The summed E-state index contributed by atoms with van der Waals surface area (Å²) in [6, 6.07) is 31.1. The number of nitrogens with zero attached hydrogens (tertiary/aromatic N) is 13. The maximum Gasteiger partial charge on any atom is 0.294 e. The molecular weight excluding hydrogens is 1380 g/mol. The minimum absolute atomic E-state index is 0.0277. The molecule has 29 nitrogen and oxygen atoms in total. The molecule has 522 valence electrons. The number of nitrogens with one attached hydrogen (secondary N) is 4. The van der Waals surface area contributed by atoms with Gasteiger partial charge in [-0.25, -0.2) is 0 Å². The number of carbonyl (C=O) groups is 4. The van der Waals surface area contributed by atoms with Crippen molar-refractivity contribution >= 4 is 169 Å². The average Bonchev–Trinajstić information content (AvgIpc) is 1.53. The lowest BCUT2D eigenvalue weighted by Gasteiger charge is -2.27. The number of ketones is 2. The molecule has 100 heavy (non-hydrogen) atoms. The van der Waals surface area contributed by atoms with Crippen molar-refractivity contribution in [2.75, 3.05) is 120 Å². The van der Waals surface area contributed by atoms with Crippen LogP contribution in [0.2, 0.25) is 0 Å². The molecule has 34 heteroatoms. The summed E-state index contributed by atoms with van der Waals surface area (Å²) in [4.78, 5) is 86.8. The van der Waals surface area contributed by atoms with Gasteiger partial charge < -0.3 is 50.3 Å². The fraction of sp³-hybridized carbons (Fsp3) is 0.288. The van der Waals surface area contributed by atoms with E-state index in [1.165, 1.54) is 74.2 Å². The molecule has 0 radical (unpaired) electrons. The smallest absolute Gasteiger partial charge is 0.294 e. The molecule has 0 atom stereocenters. The van der Waals surface area contributed by atoms with Crippen molar-refractivity contribution in [1.29, 1.82) is 0 Å². The predicted molar refractivity (Wildman–Crippen MR) is 388 cm³/mol. The van der Waals surface area contributed by atoms with Gasteiger partial charge in [0.1, 0.15) is 23.0 Å². The van der Waals surface area contributed by atoms with E-state index in [9.17, 15) is 45.1 Å². The zero-order valence-electron chi connectivity index (χ0n) is 55.1. The van der Waals surface area contributed by atoms with Gasteiger partial charge in [0.15, 0.2) is 16.7 Å². The fourth-order valence-corrected chi connectivity index (χ4v) is 13.9. The maximum atomic E-state index is 13.8. The number of benzene rings is 5. The number of amides is 2. The molecule has 2 saturated heterocycles. The Hall–Kier alpha value is -9.78. The lowest BCUT2D eigenvalue weighted by molar-refractivity contribution is -0.120. The number of ether oxygens (including phenoxy) is 2. The number of Topliss-reactive ketones (excluding diaryl/α,β-unsaturated/α-hetero) is 2. The van der Waals surface area contributed by atoms with Crippen molar-refractivity contribution in [2.24, 2.45) is 20.5 Å². The number of anilines is 10. The number of thiazole rings is 2. The second-order valence-corrected chi connectivity index (χ2v) is 28.0. The molecule has 0 bridgehead atoms. The highest BCUT2D eigenvalue weighted by molar-refractivity contribution is 7.98. The van der Waals surface area contributed by atoms with Gasteiger partial charge in [-0.2, -0.15) is 41.8 Å². The van der Waals surface area contributed by atoms with Crippen LogP contribution in [0.25, 0.3) is 12.2 Å². The summed E-state index contributed by atoms with van der Waals surface area (Å²) in [5, 5.41) is 31.5. The topological polar surface area (TPSA) is 370 Å². The highest BCUT2D eigenvalue weighted by atomic mass is 32.2. The normalized spacial score (nSPS) is 14.0. The summed E-state index contributed by atoms with van der Waals surface area (Å²) in [6.07, 6.45) is 2.81. The van der Waals surface area contributed by atoms with Crippen molar-refractivity contribution in [2.45, 2.75) is 62.2 Å². The Morgan fingerprint density at radius 3 is 1.36 bits per heavy atom. The first-order chi connectivity index (χ1) is 48.0. The number of morpholine rings is 2. The van der Waals surface area contributed by atoms with Gasteiger partial charge in [-0.05, 0) is 132 Å². The highest BCUT2D eigenvalue weighted by Gasteiger charge is 2.27. The first-order valence-electron chi connectivity index (χ1n) is 31.5. The predicted octanol–water partition coefficient (Wildman–Crippen LogP) is 12.5. The average molecular weight is 1450 g/mol. The van der Waals surface area contributed by atoms with E-state index >= 15 is 0 Å². The molecule has 5 aromatic carbocycles. The van der Waals surface area contributed by atoms with E-state index in [0.717, 1.165) is 51.7 Å². The van der Waals surface area contributed by atoms with Gasteiger partial charge in [0, 0.05) is 80.9 Å².